The topological polar surface area (TPSA) is 240 Å². The van der Waals surface area contributed by atoms with Crippen molar-refractivity contribution in [2.75, 3.05) is 50.8 Å². The van der Waals surface area contributed by atoms with Gasteiger partial charge in [-0.05, 0) is 56.2 Å². The molecule has 2 aromatic carbocycles. The van der Waals surface area contributed by atoms with Crippen LogP contribution in [0.2, 0.25) is 0 Å². The number of carbonyl (C=O) groups excluding carboxylic acids is 4. The van der Waals surface area contributed by atoms with E-state index in [9.17, 15) is 39.5 Å². The van der Waals surface area contributed by atoms with Gasteiger partial charge in [-0.3, -0.25) is 29.3 Å². The number of rotatable bonds is 15. The second kappa shape index (κ2) is 17.9. The van der Waals surface area contributed by atoms with Gasteiger partial charge in [-0.25, -0.2) is 0 Å². The van der Waals surface area contributed by atoms with Crippen LogP contribution in [0.1, 0.15) is 32.6 Å². The van der Waals surface area contributed by atoms with Crippen molar-refractivity contribution in [1.82, 2.24) is 26.2 Å². The SMILES string of the molecule is CCN(CCOC(=O)CCC(=O)N1C[C@@H](NC(=O)[C@H]2C[C@H](O)CN2)[C@H](NC(=O)[C@H]2C[C@H](O)CN2)C1)c1ccc(N=Nc2ccc([N+](=O)[O-])cc2)cc1. The Morgan fingerprint density at radius 1 is 0.885 bits per heavy atom. The average Bonchev–Trinajstić information content (AvgIpc) is 3.88. The molecule has 0 saturated carbocycles. The zero-order valence-electron chi connectivity index (χ0n) is 28.8. The Balaban J connectivity index is 1.06. The van der Waals surface area contributed by atoms with Crippen molar-refractivity contribution in [3.05, 3.63) is 58.6 Å². The molecule has 0 aliphatic carbocycles. The van der Waals surface area contributed by atoms with E-state index in [1.54, 1.807) is 12.1 Å². The molecule has 2 aromatic rings. The van der Waals surface area contributed by atoms with Crippen LogP contribution < -0.4 is 26.2 Å². The number of hydrogen-bond donors (Lipinski definition) is 6. The number of nitrogens with zero attached hydrogens (tertiary/aromatic N) is 5. The van der Waals surface area contributed by atoms with Crippen LogP contribution in [0.5, 0.6) is 0 Å². The lowest BCUT2D eigenvalue weighted by atomic mass is 10.1. The number of benzene rings is 2. The Morgan fingerprint density at radius 2 is 1.40 bits per heavy atom. The van der Waals surface area contributed by atoms with E-state index in [2.05, 4.69) is 31.5 Å². The highest BCUT2D eigenvalue weighted by Crippen LogP contribution is 2.24. The van der Waals surface area contributed by atoms with Crippen LogP contribution in [0.3, 0.4) is 0 Å². The van der Waals surface area contributed by atoms with E-state index in [4.69, 9.17) is 4.74 Å². The fourth-order valence-corrected chi connectivity index (χ4v) is 6.37. The maximum Gasteiger partial charge on any atom is 0.306 e. The first-order chi connectivity index (χ1) is 25.0. The number of aliphatic hydroxyl groups is 2. The molecule has 6 atom stereocenters. The van der Waals surface area contributed by atoms with Crippen LogP contribution in [-0.2, 0) is 23.9 Å². The molecular weight excluding hydrogens is 678 g/mol. The Hall–Kier alpha value is -5.04. The molecule has 52 heavy (non-hydrogen) atoms. The molecule has 3 amide bonds. The lowest BCUT2D eigenvalue weighted by Gasteiger charge is -2.23. The predicted octanol–water partition coefficient (Wildman–Crippen LogP) is 0.417. The average molecular weight is 724 g/mol. The zero-order chi connectivity index (χ0) is 37.2. The van der Waals surface area contributed by atoms with Crippen LogP contribution in [0.15, 0.2) is 58.8 Å². The van der Waals surface area contributed by atoms with Gasteiger partial charge in [0.1, 0.15) is 6.61 Å². The second-order valence-electron chi connectivity index (χ2n) is 13.0. The van der Waals surface area contributed by atoms with E-state index < -0.39 is 47.3 Å². The highest BCUT2D eigenvalue weighted by molar-refractivity contribution is 5.85. The number of nitro benzene ring substituents is 1. The number of esters is 1. The minimum atomic E-state index is -0.633. The number of azo groups is 1. The Morgan fingerprint density at radius 3 is 1.87 bits per heavy atom. The van der Waals surface area contributed by atoms with Gasteiger partial charge in [0.25, 0.3) is 5.69 Å². The summed E-state index contributed by atoms with van der Waals surface area (Å²) in [5.74, 6) is -1.53. The van der Waals surface area contributed by atoms with Gasteiger partial charge in [-0.15, -0.1) is 0 Å². The van der Waals surface area contributed by atoms with E-state index >= 15 is 0 Å². The van der Waals surface area contributed by atoms with E-state index in [-0.39, 0.29) is 68.8 Å². The summed E-state index contributed by atoms with van der Waals surface area (Å²) < 4.78 is 5.43. The van der Waals surface area contributed by atoms with Gasteiger partial charge in [0.15, 0.2) is 0 Å². The number of aliphatic hydroxyl groups excluding tert-OH is 2. The molecule has 3 aliphatic heterocycles. The summed E-state index contributed by atoms with van der Waals surface area (Å²) >= 11 is 0. The van der Waals surface area contributed by atoms with Gasteiger partial charge >= 0.3 is 5.97 Å². The van der Waals surface area contributed by atoms with Crippen molar-refractivity contribution in [2.45, 2.75) is 69.0 Å². The number of carbonyl (C=O) groups is 4. The third-order valence-corrected chi connectivity index (χ3v) is 9.28. The number of β-amino-alcohol motifs (C(OH)–C–C–N with tert-alkyl or cyclic N) is 2. The summed E-state index contributed by atoms with van der Waals surface area (Å²) in [7, 11) is 0. The first kappa shape index (κ1) is 38.2. The van der Waals surface area contributed by atoms with E-state index in [0.29, 0.717) is 37.6 Å². The van der Waals surface area contributed by atoms with Crippen molar-refractivity contribution in [1.29, 1.82) is 0 Å². The fraction of sp³-hybridized carbons (Fsp3) is 0.529. The molecular formula is C34H45N9O9. The maximum absolute atomic E-state index is 13.2. The van der Waals surface area contributed by atoms with Gasteiger partial charge in [0.2, 0.25) is 17.7 Å². The number of amides is 3. The van der Waals surface area contributed by atoms with E-state index in [1.165, 1.54) is 29.2 Å². The largest absolute Gasteiger partial charge is 0.464 e. The molecule has 6 N–H and O–H groups in total. The third-order valence-electron chi connectivity index (χ3n) is 9.28. The molecule has 3 fully saturated rings. The van der Waals surface area contributed by atoms with Crippen molar-refractivity contribution >= 4 is 46.4 Å². The molecule has 280 valence electrons. The number of ether oxygens (including phenoxy) is 1. The van der Waals surface area contributed by atoms with Crippen LogP contribution in [0, 0.1) is 10.1 Å². The summed E-state index contributed by atoms with van der Waals surface area (Å²) in [6.45, 7) is 3.96. The molecule has 0 aromatic heterocycles. The number of nitrogens with one attached hydrogen (secondary N) is 4. The predicted molar refractivity (Wildman–Crippen MR) is 187 cm³/mol. The van der Waals surface area contributed by atoms with Crippen molar-refractivity contribution in [2.24, 2.45) is 10.2 Å². The monoisotopic (exact) mass is 723 g/mol. The molecule has 3 heterocycles. The summed E-state index contributed by atoms with van der Waals surface area (Å²) in [6.07, 6.45) is -1.00. The smallest absolute Gasteiger partial charge is 0.306 e. The summed E-state index contributed by atoms with van der Waals surface area (Å²) in [6, 6.07) is 10.7. The Labute approximate surface area is 300 Å². The number of non-ortho nitro benzene ring substituents is 1. The normalized spacial score (nSPS) is 24.2. The number of likely N-dealkylation sites (N-methyl/N-ethyl adjacent to an activating group) is 1. The quantitative estimate of drug-likeness (QED) is 0.0634. The first-order valence-electron chi connectivity index (χ1n) is 17.4. The lowest BCUT2D eigenvalue weighted by Crippen LogP contribution is -2.56. The Bertz CT molecular complexity index is 1570. The summed E-state index contributed by atoms with van der Waals surface area (Å²) in [4.78, 5) is 65.4. The molecule has 0 bridgehead atoms. The van der Waals surface area contributed by atoms with Crippen LogP contribution in [-0.4, -0.2) is 126 Å². The molecule has 0 spiro atoms. The number of hydrogen-bond acceptors (Lipinski definition) is 14. The van der Waals surface area contributed by atoms with Gasteiger partial charge in [0.05, 0.1) is 65.6 Å². The molecule has 18 heteroatoms. The minimum absolute atomic E-state index is 0.0287. The van der Waals surface area contributed by atoms with Gasteiger partial charge in [-0.2, -0.15) is 10.2 Å². The van der Waals surface area contributed by atoms with E-state index in [1.807, 2.05) is 24.0 Å². The van der Waals surface area contributed by atoms with Crippen LogP contribution in [0.4, 0.5) is 22.7 Å². The van der Waals surface area contributed by atoms with Crippen LogP contribution >= 0.6 is 0 Å². The Kier molecular flexibility index (Phi) is 13.2. The summed E-state index contributed by atoms with van der Waals surface area (Å²) in [5.41, 5.74) is 1.92. The van der Waals surface area contributed by atoms with Crippen LogP contribution in [0.25, 0.3) is 0 Å². The molecule has 0 unspecified atom stereocenters. The number of anilines is 1. The highest BCUT2D eigenvalue weighted by atomic mass is 16.6. The lowest BCUT2D eigenvalue weighted by molar-refractivity contribution is -0.384. The highest BCUT2D eigenvalue weighted by Gasteiger charge is 2.40. The van der Waals surface area contributed by atoms with Crippen molar-refractivity contribution in [3.63, 3.8) is 0 Å². The minimum Gasteiger partial charge on any atom is -0.464 e. The zero-order valence-corrected chi connectivity index (χ0v) is 28.8. The fourth-order valence-electron chi connectivity index (χ4n) is 6.37. The van der Waals surface area contributed by atoms with Gasteiger partial charge in [0, 0.05) is 57.0 Å². The maximum atomic E-state index is 13.2. The molecule has 3 aliphatic rings. The van der Waals surface area contributed by atoms with Crippen molar-refractivity contribution < 1.29 is 39.1 Å². The molecule has 3 saturated heterocycles. The van der Waals surface area contributed by atoms with Gasteiger partial charge < -0.3 is 46.0 Å². The molecule has 5 rings (SSSR count). The standard InChI is InChI=1S/C34H45N9O9/c1-2-41(23-7-3-21(4-8-23)39-40-22-5-9-24(10-6-22)43(50)51)13-14-52-32(47)12-11-31(46)42-19-29(37-33(48)27-15-25(44)17-35-27)30(20-42)38-34(49)28-16-26(45)18-36-28/h3-10,25-30,35-36,44-45H,2,11-20H2,1H3,(H,37,48)(H,38,49)/t25-,26-,27+,28+,29+,30+/m0/s1. The number of likely N-dealkylation sites (tertiary alicyclic amines) is 1. The van der Waals surface area contributed by atoms with Gasteiger partial charge in [-0.1, -0.05) is 0 Å². The molecule has 18 nitrogen and oxygen atoms in total. The third kappa shape index (κ3) is 10.5. The molecule has 0 radical (unpaired) electrons. The number of nitro groups is 1. The van der Waals surface area contributed by atoms with Crippen molar-refractivity contribution in [3.8, 4) is 0 Å². The second-order valence-corrected chi connectivity index (χ2v) is 13.0. The van der Waals surface area contributed by atoms with E-state index in [0.717, 1.165) is 5.69 Å². The first-order valence-corrected chi connectivity index (χ1v) is 17.4. The summed E-state index contributed by atoms with van der Waals surface area (Å²) in [5, 5.41) is 50.5.